The lowest BCUT2D eigenvalue weighted by Crippen LogP contribution is -2.19. The summed E-state index contributed by atoms with van der Waals surface area (Å²) in [4.78, 5) is 11.6. The average molecular weight is 335 g/mol. The quantitative estimate of drug-likeness (QED) is 0.649. The zero-order valence-corrected chi connectivity index (χ0v) is 13.7. The molecule has 0 unspecified atom stereocenters. The smallest absolute Gasteiger partial charge is 0.339 e. The molecule has 0 amide bonds. The highest BCUT2D eigenvalue weighted by Crippen LogP contribution is 2.21. The van der Waals surface area contributed by atoms with Gasteiger partial charge >= 0.3 is 5.97 Å². The Bertz CT molecular complexity index is 702. The number of methoxy groups -OCH3 is 1. The summed E-state index contributed by atoms with van der Waals surface area (Å²) < 4.78 is 4.68. The number of carbonyl (C=O) groups excluding carboxylic acids is 1. The maximum Gasteiger partial charge on any atom is 0.339 e. The number of anilines is 2. The summed E-state index contributed by atoms with van der Waals surface area (Å²) in [6.07, 6.45) is 0. The van der Waals surface area contributed by atoms with E-state index in [1.54, 1.807) is 18.2 Å². The molecule has 2 rings (SSSR count). The number of ether oxygens (including phenoxy) is 1. The molecule has 2 aromatic rings. The van der Waals surface area contributed by atoms with E-state index >= 15 is 0 Å². The summed E-state index contributed by atoms with van der Waals surface area (Å²) in [5.41, 5.74) is 2.98. The molecule has 0 bridgehead atoms. The summed E-state index contributed by atoms with van der Waals surface area (Å²) in [6.45, 7) is 2.02. The number of nitrogens with one attached hydrogen (secondary N) is 2. The van der Waals surface area contributed by atoms with Gasteiger partial charge in [0.1, 0.15) is 0 Å². The maximum atomic E-state index is 11.6. The van der Waals surface area contributed by atoms with Gasteiger partial charge in [0.05, 0.1) is 17.7 Å². The van der Waals surface area contributed by atoms with Gasteiger partial charge in [-0.1, -0.05) is 29.3 Å². The van der Waals surface area contributed by atoms with Gasteiger partial charge in [0.2, 0.25) is 0 Å². The van der Waals surface area contributed by atoms with Crippen LogP contribution >= 0.6 is 23.8 Å². The van der Waals surface area contributed by atoms with Crippen LogP contribution in [0, 0.1) is 6.92 Å². The molecule has 0 fully saturated rings. The molecule has 0 atom stereocenters. The van der Waals surface area contributed by atoms with E-state index in [1.807, 2.05) is 31.2 Å². The highest BCUT2D eigenvalue weighted by atomic mass is 35.5. The summed E-state index contributed by atoms with van der Waals surface area (Å²) in [5.74, 6) is -0.494. The average Bonchev–Trinajstić information content (AvgIpc) is 2.50. The monoisotopic (exact) mass is 334 g/mol. The predicted octanol–water partition coefficient (Wildman–Crippen LogP) is 4.24. The van der Waals surface area contributed by atoms with Crippen LogP contribution < -0.4 is 10.6 Å². The largest absolute Gasteiger partial charge is 0.465 e. The molecule has 0 saturated heterocycles. The SMILES string of the molecule is COC(=O)c1cc(NC(=S)Nc2ccc(C)cc2)ccc1Cl. The van der Waals surface area contributed by atoms with Crippen molar-refractivity contribution in [3.63, 3.8) is 0 Å². The second-order valence-electron chi connectivity index (χ2n) is 4.63. The van der Waals surface area contributed by atoms with Gasteiger partial charge in [0.25, 0.3) is 0 Å². The molecule has 2 aromatic carbocycles. The maximum absolute atomic E-state index is 11.6. The van der Waals surface area contributed by atoms with Crippen molar-refractivity contribution in [2.45, 2.75) is 6.92 Å². The van der Waals surface area contributed by atoms with Gasteiger partial charge in [-0.25, -0.2) is 4.79 Å². The zero-order valence-electron chi connectivity index (χ0n) is 12.1. The van der Waals surface area contributed by atoms with Gasteiger partial charge < -0.3 is 15.4 Å². The van der Waals surface area contributed by atoms with E-state index in [0.717, 1.165) is 5.69 Å². The number of halogens is 1. The summed E-state index contributed by atoms with van der Waals surface area (Å²) in [7, 11) is 1.31. The van der Waals surface area contributed by atoms with E-state index in [4.69, 9.17) is 23.8 Å². The Morgan fingerprint density at radius 3 is 2.32 bits per heavy atom. The number of hydrogen-bond acceptors (Lipinski definition) is 3. The number of benzene rings is 2. The molecule has 0 saturated carbocycles. The Hall–Kier alpha value is -2.11. The number of hydrogen-bond donors (Lipinski definition) is 2. The van der Waals surface area contributed by atoms with Gasteiger partial charge in [-0.2, -0.15) is 0 Å². The fourth-order valence-corrected chi connectivity index (χ4v) is 2.23. The normalized spacial score (nSPS) is 9.95. The van der Waals surface area contributed by atoms with E-state index in [2.05, 4.69) is 15.4 Å². The fourth-order valence-electron chi connectivity index (χ4n) is 1.80. The van der Waals surface area contributed by atoms with Gasteiger partial charge in [-0.15, -0.1) is 0 Å². The van der Waals surface area contributed by atoms with Crippen LogP contribution in [0.3, 0.4) is 0 Å². The third-order valence-corrected chi connectivity index (χ3v) is 3.47. The van der Waals surface area contributed by atoms with Crippen LogP contribution in [0.1, 0.15) is 15.9 Å². The molecule has 4 nitrogen and oxygen atoms in total. The molecular formula is C16H15ClN2O2S. The molecule has 6 heteroatoms. The van der Waals surface area contributed by atoms with Crippen molar-refractivity contribution in [3.05, 3.63) is 58.6 Å². The highest BCUT2D eigenvalue weighted by molar-refractivity contribution is 7.80. The first-order valence-electron chi connectivity index (χ1n) is 6.52. The lowest BCUT2D eigenvalue weighted by atomic mass is 10.2. The van der Waals surface area contributed by atoms with Crippen molar-refractivity contribution in [2.24, 2.45) is 0 Å². The molecule has 0 aliphatic heterocycles. The van der Waals surface area contributed by atoms with Crippen LogP contribution in [0.15, 0.2) is 42.5 Å². The van der Waals surface area contributed by atoms with Gasteiger partial charge in [0.15, 0.2) is 5.11 Å². The number of carbonyl (C=O) groups is 1. The second kappa shape index (κ2) is 7.24. The Balaban J connectivity index is 2.08. The highest BCUT2D eigenvalue weighted by Gasteiger charge is 2.11. The molecule has 2 N–H and O–H groups in total. The fraction of sp³-hybridized carbons (Fsp3) is 0.125. The predicted molar refractivity (Wildman–Crippen MR) is 93.8 cm³/mol. The number of thiocarbonyl (C=S) groups is 1. The van der Waals surface area contributed by atoms with Crippen molar-refractivity contribution in [1.82, 2.24) is 0 Å². The Labute approximate surface area is 139 Å². The van der Waals surface area contributed by atoms with E-state index in [9.17, 15) is 4.79 Å². The first kappa shape index (κ1) is 16.3. The molecule has 0 heterocycles. The standard InChI is InChI=1S/C16H15ClN2O2S/c1-10-3-5-11(6-4-10)18-16(22)19-12-7-8-14(17)13(9-12)15(20)21-2/h3-9H,1-2H3,(H2,18,19,22). The lowest BCUT2D eigenvalue weighted by Gasteiger charge is -2.12. The minimum atomic E-state index is -0.494. The van der Waals surface area contributed by atoms with E-state index in [0.29, 0.717) is 15.8 Å². The van der Waals surface area contributed by atoms with Gasteiger partial charge in [-0.3, -0.25) is 0 Å². The topological polar surface area (TPSA) is 50.4 Å². The van der Waals surface area contributed by atoms with Crippen LogP contribution in [0.4, 0.5) is 11.4 Å². The summed E-state index contributed by atoms with van der Waals surface area (Å²) in [5, 5.41) is 6.82. The van der Waals surface area contributed by atoms with Crippen molar-refractivity contribution in [2.75, 3.05) is 17.7 Å². The molecule has 0 aromatic heterocycles. The number of rotatable bonds is 3. The van der Waals surface area contributed by atoms with E-state index < -0.39 is 5.97 Å². The first-order valence-corrected chi connectivity index (χ1v) is 7.31. The zero-order chi connectivity index (χ0) is 16.1. The van der Waals surface area contributed by atoms with Crippen LogP contribution in [0.2, 0.25) is 5.02 Å². The molecule has 22 heavy (non-hydrogen) atoms. The van der Waals surface area contributed by atoms with Crippen LogP contribution in [0.5, 0.6) is 0 Å². The lowest BCUT2D eigenvalue weighted by molar-refractivity contribution is 0.0601. The molecule has 114 valence electrons. The number of esters is 1. The van der Waals surface area contributed by atoms with E-state index in [1.165, 1.54) is 12.7 Å². The van der Waals surface area contributed by atoms with Crippen molar-refractivity contribution in [3.8, 4) is 0 Å². The minimum absolute atomic E-state index is 0.285. The van der Waals surface area contributed by atoms with Crippen LogP contribution in [0.25, 0.3) is 0 Å². The van der Waals surface area contributed by atoms with Crippen molar-refractivity contribution >= 4 is 46.3 Å². The molecule has 0 spiro atoms. The van der Waals surface area contributed by atoms with Crippen molar-refractivity contribution in [1.29, 1.82) is 0 Å². The Morgan fingerprint density at radius 2 is 1.68 bits per heavy atom. The summed E-state index contributed by atoms with van der Waals surface area (Å²) in [6, 6.07) is 12.8. The molecule has 0 aliphatic carbocycles. The third-order valence-electron chi connectivity index (χ3n) is 2.94. The Morgan fingerprint density at radius 1 is 1.09 bits per heavy atom. The molecular weight excluding hydrogens is 320 g/mol. The summed E-state index contributed by atoms with van der Waals surface area (Å²) >= 11 is 11.2. The first-order chi connectivity index (χ1) is 10.5. The van der Waals surface area contributed by atoms with Crippen LogP contribution in [-0.4, -0.2) is 18.2 Å². The van der Waals surface area contributed by atoms with Crippen molar-refractivity contribution < 1.29 is 9.53 Å². The number of aryl methyl sites for hydroxylation is 1. The molecule has 0 radical (unpaired) electrons. The van der Waals surface area contributed by atoms with Gasteiger partial charge in [-0.05, 0) is 49.5 Å². The second-order valence-corrected chi connectivity index (χ2v) is 5.45. The molecule has 0 aliphatic rings. The Kier molecular flexibility index (Phi) is 5.35. The third kappa shape index (κ3) is 4.19. The van der Waals surface area contributed by atoms with E-state index in [-0.39, 0.29) is 5.56 Å². The van der Waals surface area contributed by atoms with Crippen LogP contribution in [-0.2, 0) is 4.74 Å². The van der Waals surface area contributed by atoms with Gasteiger partial charge in [0, 0.05) is 11.4 Å². The minimum Gasteiger partial charge on any atom is -0.465 e.